The first-order chi connectivity index (χ1) is 11.1. The van der Waals surface area contributed by atoms with Gasteiger partial charge in [0.15, 0.2) is 0 Å². The van der Waals surface area contributed by atoms with Crippen LogP contribution >= 0.6 is 0 Å². The molecule has 6 heteroatoms. The van der Waals surface area contributed by atoms with Crippen molar-refractivity contribution in [2.24, 2.45) is 0 Å². The zero-order chi connectivity index (χ0) is 16.7. The highest BCUT2D eigenvalue weighted by atomic mass is 16.6. The second-order valence-electron chi connectivity index (χ2n) is 5.38. The number of ether oxygens (including phenoxy) is 1. The van der Waals surface area contributed by atoms with Crippen molar-refractivity contribution in [2.45, 2.75) is 19.8 Å². The molecule has 0 aromatic heterocycles. The Morgan fingerprint density at radius 1 is 1.13 bits per heavy atom. The predicted molar refractivity (Wildman–Crippen MR) is 84.7 cm³/mol. The minimum absolute atomic E-state index is 0.0952. The summed E-state index contributed by atoms with van der Waals surface area (Å²) in [6.45, 7) is 4.27. The lowest BCUT2D eigenvalue weighted by Gasteiger charge is -2.34. The molecule has 1 aromatic carbocycles. The van der Waals surface area contributed by atoms with Gasteiger partial charge in [0.05, 0.1) is 18.2 Å². The van der Waals surface area contributed by atoms with Gasteiger partial charge in [0.1, 0.15) is 0 Å². The van der Waals surface area contributed by atoms with Gasteiger partial charge in [-0.1, -0.05) is 12.1 Å². The van der Waals surface area contributed by atoms with Crippen molar-refractivity contribution < 1.29 is 14.3 Å². The Labute approximate surface area is 136 Å². The van der Waals surface area contributed by atoms with Gasteiger partial charge in [0.2, 0.25) is 5.91 Å². The molecular weight excluding hydrogens is 294 g/mol. The van der Waals surface area contributed by atoms with Gasteiger partial charge in [0.25, 0.3) is 0 Å². The molecule has 1 aromatic rings. The lowest BCUT2D eigenvalue weighted by Crippen LogP contribution is -2.50. The van der Waals surface area contributed by atoms with Crippen LogP contribution in [0.5, 0.6) is 0 Å². The highest BCUT2D eigenvalue weighted by molar-refractivity contribution is 5.77. The Balaban J connectivity index is 1.76. The van der Waals surface area contributed by atoms with Gasteiger partial charge in [-0.25, -0.2) is 4.79 Å². The number of carbonyl (C=O) groups is 2. The van der Waals surface area contributed by atoms with E-state index in [4.69, 9.17) is 10.00 Å². The Morgan fingerprint density at radius 2 is 1.74 bits per heavy atom. The molecule has 0 N–H and O–H groups in total. The number of amides is 2. The van der Waals surface area contributed by atoms with Gasteiger partial charge in [-0.15, -0.1) is 0 Å². The van der Waals surface area contributed by atoms with Crippen molar-refractivity contribution in [3.63, 3.8) is 0 Å². The molecule has 0 spiro atoms. The molecule has 2 amide bonds. The van der Waals surface area contributed by atoms with Crippen molar-refractivity contribution in [1.29, 1.82) is 5.26 Å². The molecule has 0 radical (unpaired) electrons. The minimum atomic E-state index is -0.308. The van der Waals surface area contributed by atoms with E-state index < -0.39 is 0 Å². The second kappa shape index (κ2) is 8.18. The topological polar surface area (TPSA) is 73.6 Å². The monoisotopic (exact) mass is 315 g/mol. The fourth-order valence-corrected chi connectivity index (χ4v) is 2.51. The van der Waals surface area contributed by atoms with Crippen molar-refractivity contribution >= 4 is 12.0 Å². The summed E-state index contributed by atoms with van der Waals surface area (Å²) in [6.07, 6.45) is 0.783. The van der Waals surface area contributed by atoms with E-state index in [1.54, 1.807) is 28.9 Å². The number of aryl methyl sites for hydroxylation is 1. The van der Waals surface area contributed by atoms with E-state index >= 15 is 0 Å². The third kappa shape index (κ3) is 4.71. The molecule has 122 valence electrons. The average Bonchev–Trinajstić information content (AvgIpc) is 2.60. The van der Waals surface area contributed by atoms with E-state index in [1.807, 2.05) is 12.1 Å². The number of nitrogens with zero attached hydrogens (tertiary/aromatic N) is 3. The number of nitriles is 1. The largest absolute Gasteiger partial charge is 0.450 e. The molecule has 0 bridgehead atoms. The first-order valence-corrected chi connectivity index (χ1v) is 7.82. The van der Waals surface area contributed by atoms with Crippen LogP contribution in [0.1, 0.15) is 24.5 Å². The van der Waals surface area contributed by atoms with Crippen LogP contribution < -0.4 is 0 Å². The average molecular weight is 315 g/mol. The van der Waals surface area contributed by atoms with E-state index in [0.717, 1.165) is 5.56 Å². The van der Waals surface area contributed by atoms with Gasteiger partial charge in [-0.05, 0) is 31.0 Å². The predicted octanol–water partition coefficient (Wildman–Crippen LogP) is 1.79. The molecule has 0 atom stereocenters. The summed E-state index contributed by atoms with van der Waals surface area (Å²) >= 11 is 0. The summed E-state index contributed by atoms with van der Waals surface area (Å²) < 4.78 is 4.96. The number of benzene rings is 1. The molecule has 1 aliphatic heterocycles. The number of hydrogen-bond donors (Lipinski definition) is 0. The lowest BCUT2D eigenvalue weighted by molar-refractivity contribution is -0.132. The number of hydrogen-bond acceptors (Lipinski definition) is 4. The van der Waals surface area contributed by atoms with Gasteiger partial charge < -0.3 is 14.5 Å². The zero-order valence-electron chi connectivity index (χ0n) is 13.3. The van der Waals surface area contributed by atoms with E-state index in [9.17, 15) is 9.59 Å². The van der Waals surface area contributed by atoms with Crippen LogP contribution in [-0.2, 0) is 16.0 Å². The molecule has 1 heterocycles. The molecule has 2 rings (SSSR count). The summed E-state index contributed by atoms with van der Waals surface area (Å²) in [5, 5.41) is 8.76. The maximum atomic E-state index is 12.2. The molecule has 1 saturated heterocycles. The SMILES string of the molecule is CCOC(=O)N1CCN(C(=O)CCc2ccc(C#N)cc2)CC1. The van der Waals surface area contributed by atoms with Crippen LogP contribution in [0, 0.1) is 11.3 Å². The van der Waals surface area contributed by atoms with Crippen molar-refractivity contribution in [3.05, 3.63) is 35.4 Å². The molecular formula is C17H21N3O3. The van der Waals surface area contributed by atoms with E-state index in [1.165, 1.54) is 0 Å². The van der Waals surface area contributed by atoms with Crippen LogP contribution in [0.2, 0.25) is 0 Å². The number of carbonyl (C=O) groups excluding carboxylic acids is 2. The van der Waals surface area contributed by atoms with Crippen LogP contribution in [0.25, 0.3) is 0 Å². The third-order valence-corrected chi connectivity index (χ3v) is 3.87. The fourth-order valence-electron chi connectivity index (χ4n) is 2.51. The van der Waals surface area contributed by atoms with Crippen molar-refractivity contribution in [2.75, 3.05) is 32.8 Å². The van der Waals surface area contributed by atoms with E-state index in [2.05, 4.69) is 6.07 Å². The molecule has 0 aliphatic carbocycles. The van der Waals surface area contributed by atoms with E-state index in [-0.39, 0.29) is 12.0 Å². The molecule has 23 heavy (non-hydrogen) atoms. The summed E-state index contributed by atoms with van der Waals surface area (Å²) in [6, 6.07) is 9.36. The Morgan fingerprint density at radius 3 is 2.30 bits per heavy atom. The zero-order valence-corrected chi connectivity index (χ0v) is 13.3. The third-order valence-electron chi connectivity index (χ3n) is 3.87. The minimum Gasteiger partial charge on any atom is -0.450 e. The standard InChI is InChI=1S/C17H21N3O3/c1-2-23-17(22)20-11-9-19(10-12-20)16(21)8-7-14-3-5-15(13-18)6-4-14/h3-6H,2,7-12H2,1H3. The quantitative estimate of drug-likeness (QED) is 0.849. The second-order valence-corrected chi connectivity index (χ2v) is 5.38. The molecule has 0 unspecified atom stereocenters. The van der Waals surface area contributed by atoms with E-state index in [0.29, 0.717) is 51.2 Å². The van der Waals surface area contributed by atoms with Crippen LogP contribution in [0.3, 0.4) is 0 Å². The van der Waals surface area contributed by atoms with Gasteiger partial charge in [-0.2, -0.15) is 5.26 Å². The first kappa shape index (κ1) is 16.8. The van der Waals surface area contributed by atoms with Gasteiger partial charge in [0, 0.05) is 32.6 Å². The maximum absolute atomic E-state index is 12.2. The van der Waals surface area contributed by atoms with Gasteiger partial charge in [-0.3, -0.25) is 4.79 Å². The first-order valence-electron chi connectivity index (χ1n) is 7.82. The molecule has 6 nitrogen and oxygen atoms in total. The smallest absolute Gasteiger partial charge is 0.409 e. The van der Waals surface area contributed by atoms with Crippen LogP contribution in [-0.4, -0.2) is 54.6 Å². The fraction of sp³-hybridized carbons (Fsp3) is 0.471. The Kier molecular flexibility index (Phi) is 5.98. The summed E-state index contributed by atoms with van der Waals surface area (Å²) in [5.74, 6) is 0.0952. The van der Waals surface area contributed by atoms with Crippen LogP contribution in [0.15, 0.2) is 24.3 Å². The Bertz CT molecular complexity index is 584. The van der Waals surface area contributed by atoms with Crippen LogP contribution in [0.4, 0.5) is 4.79 Å². The van der Waals surface area contributed by atoms with Crippen molar-refractivity contribution in [1.82, 2.24) is 9.80 Å². The molecule has 0 saturated carbocycles. The van der Waals surface area contributed by atoms with Gasteiger partial charge >= 0.3 is 6.09 Å². The van der Waals surface area contributed by atoms with Crippen molar-refractivity contribution in [3.8, 4) is 6.07 Å². The number of piperazine rings is 1. The highest BCUT2D eigenvalue weighted by Gasteiger charge is 2.24. The number of rotatable bonds is 4. The molecule has 1 fully saturated rings. The summed E-state index contributed by atoms with van der Waals surface area (Å²) in [4.78, 5) is 27.3. The highest BCUT2D eigenvalue weighted by Crippen LogP contribution is 2.10. The summed E-state index contributed by atoms with van der Waals surface area (Å²) in [7, 11) is 0. The lowest BCUT2D eigenvalue weighted by atomic mass is 10.1. The maximum Gasteiger partial charge on any atom is 0.409 e. The normalized spacial score (nSPS) is 14.3. The summed E-state index contributed by atoms with van der Waals surface area (Å²) in [5.41, 5.74) is 1.66. The molecule has 1 aliphatic rings. The Hall–Kier alpha value is -2.55.